The number of amides is 3. The summed E-state index contributed by atoms with van der Waals surface area (Å²) < 4.78 is 0.910. The molecular formula is C18H19BrN2O5S. The number of thioether (sulfide) groups is 1. The van der Waals surface area contributed by atoms with Crippen LogP contribution in [-0.4, -0.2) is 46.1 Å². The largest absolute Gasteiger partial charge is 0.481 e. The van der Waals surface area contributed by atoms with Gasteiger partial charge in [0.1, 0.15) is 6.54 Å². The smallest absolute Gasteiger partial charge is 0.303 e. The Morgan fingerprint density at radius 1 is 1.15 bits per heavy atom. The molecule has 3 amide bonds. The lowest BCUT2D eigenvalue weighted by Crippen LogP contribution is -2.39. The molecule has 27 heavy (non-hydrogen) atoms. The maximum atomic E-state index is 12.4. The number of hydrogen-bond acceptors (Lipinski definition) is 5. The number of aliphatic carboxylic acids is 1. The van der Waals surface area contributed by atoms with Gasteiger partial charge < -0.3 is 10.4 Å². The summed E-state index contributed by atoms with van der Waals surface area (Å²) in [4.78, 5) is 48.0. The van der Waals surface area contributed by atoms with Crippen molar-refractivity contribution in [2.45, 2.75) is 25.7 Å². The van der Waals surface area contributed by atoms with Crippen LogP contribution in [0.5, 0.6) is 0 Å². The van der Waals surface area contributed by atoms with Crippen LogP contribution in [0, 0.1) is 0 Å². The molecule has 1 aromatic carbocycles. The number of imide groups is 1. The molecule has 1 aliphatic heterocycles. The average molecular weight is 455 g/mol. The molecule has 9 heteroatoms. The van der Waals surface area contributed by atoms with Crippen molar-refractivity contribution < 1.29 is 24.3 Å². The van der Waals surface area contributed by atoms with Gasteiger partial charge in [0.2, 0.25) is 5.91 Å². The second-order valence-corrected chi connectivity index (χ2v) is 7.78. The van der Waals surface area contributed by atoms with E-state index in [4.69, 9.17) is 5.11 Å². The molecule has 0 aromatic heterocycles. The van der Waals surface area contributed by atoms with Gasteiger partial charge in [0.25, 0.3) is 11.1 Å². The summed E-state index contributed by atoms with van der Waals surface area (Å²) in [5, 5.41) is 10.7. The molecule has 0 atom stereocenters. The van der Waals surface area contributed by atoms with E-state index >= 15 is 0 Å². The number of nitrogens with zero attached hydrogens (tertiary/aromatic N) is 1. The lowest BCUT2D eigenvalue weighted by molar-refractivity contribution is -0.137. The first-order chi connectivity index (χ1) is 12.9. The minimum atomic E-state index is -0.838. The van der Waals surface area contributed by atoms with Crippen LogP contribution >= 0.6 is 27.7 Å². The quantitative estimate of drug-likeness (QED) is 0.438. The number of carbonyl (C=O) groups excluding carboxylic acids is 3. The molecule has 7 nitrogen and oxygen atoms in total. The van der Waals surface area contributed by atoms with E-state index in [9.17, 15) is 19.2 Å². The Kier molecular flexibility index (Phi) is 8.05. The number of nitrogens with one attached hydrogen (secondary N) is 1. The summed E-state index contributed by atoms with van der Waals surface area (Å²) in [6, 6.07) is 7.30. The summed E-state index contributed by atoms with van der Waals surface area (Å²) in [5.41, 5.74) is 0.787. The Morgan fingerprint density at radius 2 is 1.85 bits per heavy atom. The van der Waals surface area contributed by atoms with Gasteiger partial charge in [-0.2, -0.15) is 0 Å². The van der Waals surface area contributed by atoms with Gasteiger partial charge >= 0.3 is 5.97 Å². The van der Waals surface area contributed by atoms with E-state index in [2.05, 4.69) is 21.2 Å². The Balaban J connectivity index is 1.81. The first-order valence-corrected chi connectivity index (χ1v) is 9.97. The number of carboxylic acids is 1. The molecule has 0 aliphatic carbocycles. The molecule has 0 radical (unpaired) electrons. The molecule has 144 valence electrons. The first kappa shape index (κ1) is 21.2. The highest BCUT2D eigenvalue weighted by molar-refractivity contribution is 9.10. The van der Waals surface area contributed by atoms with Crippen LogP contribution in [0.1, 0.15) is 31.2 Å². The van der Waals surface area contributed by atoms with Crippen LogP contribution in [0.3, 0.4) is 0 Å². The molecule has 2 N–H and O–H groups in total. The van der Waals surface area contributed by atoms with Crippen molar-refractivity contribution in [3.63, 3.8) is 0 Å². The molecule has 0 bridgehead atoms. The van der Waals surface area contributed by atoms with E-state index in [1.807, 2.05) is 24.3 Å². The lowest BCUT2D eigenvalue weighted by Gasteiger charge is -2.12. The zero-order chi connectivity index (χ0) is 19.8. The highest BCUT2D eigenvalue weighted by atomic mass is 79.9. The molecular weight excluding hydrogens is 436 g/mol. The number of halogens is 1. The lowest BCUT2D eigenvalue weighted by atomic mass is 10.2. The standard InChI is InChI=1S/C18H19BrN2O5S/c19-13-7-5-12(6-8-13)10-14-17(25)21(18(26)27-14)11-15(22)20-9-3-1-2-4-16(23)24/h5-8,10H,1-4,9,11H2,(H,20,22)(H,23,24)/b14-10-. The highest BCUT2D eigenvalue weighted by Crippen LogP contribution is 2.32. The van der Waals surface area contributed by atoms with Crippen molar-refractivity contribution in [2.75, 3.05) is 13.1 Å². The molecule has 0 spiro atoms. The molecule has 0 saturated carbocycles. The van der Waals surface area contributed by atoms with Crippen LogP contribution < -0.4 is 5.32 Å². The van der Waals surface area contributed by atoms with E-state index in [0.29, 0.717) is 25.8 Å². The first-order valence-electron chi connectivity index (χ1n) is 8.36. The Bertz CT molecular complexity index is 764. The van der Waals surface area contributed by atoms with Gasteiger partial charge in [-0.1, -0.05) is 34.5 Å². The van der Waals surface area contributed by atoms with Crippen molar-refractivity contribution in [1.29, 1.82) is 0 Å². The Morgan fingerprint density at radius 3 is 2.52 bits per heavy atom. The number of hydrogen-bond donors (Lipinski definition) is 2. The highest BCUT2D eigenvalue weighted by Gasteiger charge is 2.36. The van der Waals surface area contributed by atoms with E-state index in [-0.39, 0.29) is 17.9 Å². The van der Waals surface area contributed by atoms with Crippen molar-refractivity contribution in [3.8, 4) is 0 Å². The second-order valence-electron chi connectivity index (χ2n) is 5.87. The summed E-state index contributed by atoms with van der Waals surface area (Å²) >= 11 is 4.14. The maximum absolute atomic E-state index is 12.4. The van der Waals surface area contributed by atoms with Crippen molar-refractivity contribution in [3.05, 3.63) is 39.2 Å². The van der Waals surface area contributed by atoms with E-state index in [1.165, 1.54) is 0 Å². The predicted molar refractivity (Wildman–Crippen MR) is 106 cm³/mol. The minimum Gasteiger partial charge on any atom is -0.481 e. The average Bonchev–Trinajstić information content (AvgIpc) is 2.87. The zero-order valence-electron chi connectivity index (χ0n) is 14.4. The molecule has 1 aromatic rings. The van der Waals surface area contributed by atoms with E-state index in [1.54, 1.807) is 6.08 Å². The third-order valence-corrected chi connectivity index (χ3v) is 5.17. The summed E-state index contributed by atoms with van der Waals surface area (Å²) in [7, 11) is 0. The van der Waals surface area contributed by atoms with Crippen LogP contribution in [0.15, 0.2) is 33.6 Å². The monoisotopic (exact) mass is 454 g/mol. The van der Waals surface area contributed by atoms with Crippen molar-refractivity contribution in [2.24, 2.45) is 0 Å². The van der Waals surface area contributed by atoms with Gasteiger partial charge in [-0.05, 0) is 48.4 Å². The number of carbonyl (C=O) groups is 4. The van der Waals surface area contributed by atoms with Gasteiger partial charge in [0, 0.05) is 17.4 Å². The van der Waals surface area contributed by atoms with Crippen LogP contribution in [0.4, 0.5) is 4.79 Å². The third kappa shape index (κ3) is 6.84. The maximum Gasteiger partial charge on any atom is 0.303 e. The fourth-order valence-corrected chi connectivity index (χ4v) is 3.45. The topological polar surface area (TPSA) is 104 Å². The number of carboxylic acid groups (broad SMARTS) is 1. The fraction of sp³-hybridized carbons (Fsp3) is 0.333. The van der Waals surface area contributed by atoms with Gasteiger partial charge in [-0.3, -0.25) is 24.1 Å². The SMILES string of the molecule is O=C(O)CCCCCNC(=O)CN1C(=O)S/C(=C\c2ccc(Br)cc2)C1=O. The second kappa shape index (κ2) is 10.3. The Hall–Kier alpha value is -2.13. The number of rotatable bonds is 9. The van der Waals surface area contributed by atoms with E-state index < -0.39 is 23.0 Å². The summed E-state index contributed by atoms with van der Waals surface area (Å²) in [6.45, 7) is 0.0564. The number of unbranched alkanes of at least 4 members (excludes halogenated alkanes) is 2. The van der Waals surface area contributed by atoms with Crippen molar-refractivity contribution >= 4 is 56.8 Å². The van der Waals surface area contributed by atoms with Gasteiger partial charge in [0.15, 0.2) is 0 Å². The van der Waals surface area contributed by atoms with E-state index in [0.717, 1.165) is 26.7 Å². The van der Waals surface area contributed by atoms with Gasteiger partial charge in [-0.25, -0.2) is 0 Å². The summed E-state index contributed by atoms with van der Waals surface area (Å²) in [6.07, 6.45) is 3.61. The van der Waals surface area contributed by atoms with Crippen molar-refractivity contribution in [1.82, 2.24) is 10.2 Å². The van der Waals surface area contributed by atoms with Crippen LogP contribution in [-0.2, 0) is 14.4 Å². The normalized spacial score (nSPS) is 15.4. The molecule has 1 heterocycles. The van der Waals surface area contributed by atoms with Crippen LogP contribution in [0.25, 0.3) is 6.08 Å². The predicted octanol–water partition coefficient (Wildman–Crippen LogP) is 3.25. The summed E-state index contributed by atoms with van der Waals surface area (Å²) in [5.74, 6) is -1.74. The minimum absolute atomic E-state index is 0.107. The molecule has 1 fully saturated rings. The van der Waals surface area contributed by atoms with Gasteiger partial charge in [0.05, 0.1) is 4.91 Å². The molecule has 1 saturated heterocycles. The molecule has 1 aliphatic rings. The fourth-order valence-electron chi connectivity index (χ4n) is 2.35. The molecule has 0 unspecified atom stereocenters. The molecule has 2 rings (SSSR count). The van der Waals surface area contributed by atoms with Gasteiger partial charge in [-0.15, -0.1) is 0 Å². The Labute approximate surface area is 169 Å². The number of benzene rings is 1. The van der Waals surface area contributed by atoms with Crippen LogP contribution in [0.2, 0.25) is 0 Å². The zero-order valence-corrected chi connectivity index (χ0v) is 16.8. The third-order valence-electron chi connectivity index (χ3n) is 3.73.